The number of ether oxygens (including phenoxy) is 3. The van der Waals surface area contributed by atoms with Crippen LogP contribution in [0.15, 0.2) is 42.5 Å². The van der Waals surface area contributed by atoms with E-state index in [9.17, 15) is 19.7 Å². The van der Waals surface area contributed by atoms with Crippen LogP contribution in [-0.2, 0) is 16.1 Å². The fourth-order valence-electron chi connectivity index (χ4n) is 3.04. The van der Waals surface area contributed by atoms with Crippen LogP contribution in [0.3, 0.4) is 0 Å². The molecular weight excluding hydrogens is 430 g/mol. The Bertz CT molecular complexity index is 977. The molecule has 2 aromatic rings. The first kappa shape index (κ1) is 25.4. The summed E-state index contributed by atoms with van der Waals surface area (Å²) in [6.07, 6.45) is 0. The molecule has 10 heteroatoms. The lowest BCUT2D eigenvalue weighted by Crippen LogP contribution is -2.50. The van der Waals surface area contributed by atoms with Crippen molar-refractivity contribution in [2.24, 2.45) is 0 Å². The van der Waals surface area contributed by atoms with E-state index in [1.54, 1.807) is 26.2 Å². The van der Waals surface area contributed by atoms with Gasteiger partial charge in [0.2, 0.25) is 11.7 Å². The fourth-order valence-corrected chi connectivity index (χ4v) is 3.04. The first-order chi connectivity index (χ1) is 15.7. The Hall–Kier alpha value is -3.82. The number of methoxy groups -OCH3 is 2. The second kappa shape index (κ2) is 11.7. The molecule has 33 heavy (non-hydrogen) atoms. The average Bonchev–Trinajstić information content (AvgIpc) is 2.80. The summed E-state index contributed by atoms with van der Waals surface area (Å²) in [7, 11) is 2.87. The van der Waals surface area contributed by atoms with Crippen LogP contribution in [-0.4, -0.2) is 54.5 Å². The molecule has 0 spiro atoms. The van der Waals surface area contributed by atoms with Gasteiger partial charge in [0.1, 0.15) is 17.5 Å². The van der Waals surface area contributed by atoms with E-state index < -0.39 is 16.9 Å². The summed E-state index contributed by atoms with van der Waals surface area (Å²) in [6, 6.07) is 10.3. The van der Waals surface area contributed by atoms with Gasteiger partial charge in [0.05, 0.1) is 19.1 Å². The third-order valence-corrected chi connectivity index (χ3v) is 4.82. The van der Waals surface area contributed by atoms with Crippen molar-refractivity contribution >= 4 is 17.5 Å². The van der Waals surface area contributed by atoms with Gasteiger partial charge >= 0.3 is 5.69 Å². The molecule has 1 unspecified atom stereocenters. The molecule has 10 nitrogen and oxygen atoms in total. The van der Waals surface area contributed by atoms with Crippen molar-refractivity contribution in [1.29, 1.82) is 0 Å². The molecule has 2 amide bonds. The molecule has 2 rings (SSSR count). The van der Waals surface area contributed by atoms with Crippen LogP contribution < -0.4 is 19.5 Å². The van der Waals surface area contributed by atoms with Gasteiger partial charge in [-0.15, -0.1) is 0 Å². The maximum absolute atomic E-state index is 13.1. The molecule has 2 aromatic carbocycles. The zero-order valence-corrected chi connectivity index (χ0v) is 19.4. The number of hydrogen-bond donors (Lipinski definition) is 1. The van der Waals surface area contributed by atoms with Gasteiger partial charge in [-0.1, -0.05) is 12.1 Å². The first-order valence-corrected chi connectivity index (χ1v) is 10.3. The van der Waals surface area contributed by atoms with Gasteiger partial charge < -0.3 is 24.4 Å². The number of carbonyl (C=O) groups is 2. The van der Waals surface area contributed by atoms with Crippen LogP contribution in [0.5, 0.6) is 17.2 Å². The predicted octanol–water partition coefficient (Wildman–Crippen LogP) is 2.93. The van der Waals surface area contributed by atoms with E-state index in [0.717, 1.165) is 5.56 Å². The number of benzene rings is 2. The van der Waals surface area contributed by atoms with Crippen LogP contribution in [0.2, 0.25) is 0 Å². The van der Waals surface area contributed by atoms with Crippen LogP contribution in [0.25, 0.3) is 0 Å². The Morgan fingerprint density at radius 1 is 1.03 bits per heavy atom. The van der Waals surface area contributed by atoms with Crippen LogP contribution in [0, 0.1) is 10.1 Å². The summed E-state index contributed by atoms with van der Waals surface area (Å²) in [5.74, 6) is 0.218. The van der Waals surface area contributed by atoms with Crippen LogP contribution in [0.1, 0.15) is 26.3 Å². The molecule has 178 valence electrons. The number of nitrogens with zero attached hydrogens (tertiary/aromatic N) is 2. The number of nitro groups is 1. The van der Waals surface area contributed by atoms with Crippen molar-refractivity contribution in [3.8, 4) is 17.2 Å². The first-order valence-electron chi connectivity index (χ1n) is 10.3. The van der Waals surface area contributed by atoms with E-state index in [-0.39, 0.29) is 42.3 Å². The van der Waals surface area contributed by atoms with Crippen molar-refractivity contribution in [1.82, 2.24) is 10.2 Å². The SMILES string of the molecule is COc1ccc(CN(C(=O)COc2ccc([N+](=O)[O-])c(OC)c2)C(C)C(=O)NC(C)C)cc1. The van der Waals surface area contributed by atoms with Gasteiger partial charge in [0.15, 0.2) is 6.61 Å². The van der Waals surface area contributed by atoms with E-state index in [1.165, 1.54) is 30.2 Å². The highest BCUT2D eigenvalue weighted by Gasteiger charge is 2.27. The molecule has 0 aliphatic heterocycles. The second-order valence-corrected chi connectivity index (χ2v) is 7.59. The average molecular weight is 459 g/mol. The molecule has 0 aliphatic carbocycles. The minimum Gasteiger partial charge on any atom is -0.497 e. The Kier molecular flexibility index (Phi) is 9.02. The summed E-state index contributed by atoms with van der Waals surface area (Å²) in [5, 5.41) is 13.9. The smallest absolute Gasteiger partial charge is 0.311 e. The van der Waals surface area contributed by atoms with E-state index in [4.69, 9.17) is 14.2 Å². The summed E-state index contributed by atoms with van der Waals surface area (Å²) in [6.45, 7) is 5.14. The monoisotopic (exact) mass is 459 g/mol. The molecule has 0 saturated heterocycles. The van der Waals surface area contributed by atoms with E-state index >= 15 is 0 Å². The summed E-state index contributed by atoms with van der Waals surface area (Å²) in [5.41, 5.74) is 0.599. The summed E-state index contributed by atoms with van der Waals surface area (Å²) < 4.78 is 15.8. The second-order valence-electron chi connectivity index (χ2n) is 7.59. The lowest BCUT2D eigenvalue weighted by atomic mass is 10.1. The van der Waals surface area contributed by atoms with Gasteiger partial charge in [0.25, 0.3) is 5.91 Å². The standard InChI is InChI=1S/C23H29N3O7/c1-15(2)24-23(28)16(3)25(13-17-6-8-18(31-4)9-7-17)22(27)14-33-19-10-11-20(26(29)30)21(12-19)32-5/h6-12,15-16H,13-14H2,1-5H3,(H,24,28). The van der Waals surface area contributed by atoms with Crippen molar-refractivity contribution in [2.45, 2.75) is 39.4 Å². The third-order valence-electron chi connectivity index (χ3n) is 4.82. The van der Waals surface area contributed by atoms with Gasteiger partial charge in [0, 0.05) is 24.7 Å². The van der Waals surface area contributed by atoms with Crippen molar-refractivity contribution in [3.05, 3.63) is 58.1 Å². The number of nitro benzene ring substituents is 1. The van der Waals surface area contributed by atoms with E-state index in [0.29, 0.717) is 5.75 Å². The molecule has 0 aliphatic rings. The van der Waals surface area contributed by atoms with E-state index in [2.05, 4.69) is 5.32 Å². The highest BCUT2D eigenvalue weighted by atomic mass is 16.6. The molecule has 0 aromatic heterocycles. The Morgan fingerprint density at radius 3 is 2.21 bits per heavy atom. The van der Waals surface area contributed by atoms with Gasteiger partial charge in [-0.25, -0.2) is 0 Å². The molecule has 1 atom stereocenters. The number of carbonyl (C=O) groups excluding carboxylic acids is 2. The number of hydrogen-bond acceptors (Lipinski definition) is 7. The maximum Gasteiger partial charge on any atom is 0.311 e. The highest BCUT2D eigenvalue weighted by Crippen LogP contribution is 2.30. The summed E-state index contributed by atoms with van der Waals surface area (Å²) in [4.78, 5) is 37.6. The number of nitrogens with one attached hydrogen (secondary N) is 1. The lowest BCUT2D eigenvalue weighted by molar-refractivity contribution is -0.385. The summed E-state index contributed by atoms with van der Waals surface area (Å²) >= 11 is 0. The Labute approximate surface area is 192 Å². The van der Waals surface area contributed by atoms with Crippen molar-refractivity contribution < 1.29 is 28.7 Å². The van der Waals surface area contributed by atoms with Gasteiger partial charge in [-0.2, -0.15) is 0 Å². The molecule has 0 heterocycles. The highest BCUT2D eigenvalue weighted by molar-refractivity contribution is 5.88. The zero-order chi connectivity index (χ0) is 24.5. The van der Waals surface area contributed by atoms with Crippen molar-refractivity contribution in [2.75, 3.05) is 20.8 Å². The maximum atomic E-state index is 13.1. The molecule has 0 radical (unpaired) electrons. The largest absolute Gasteiger partial charge is 0.497 e. The third kappa shape index (κ3) is 7.09. The minimum atomic E-state index is -0.753. The number of rotatable bonds is 11. The van der Waals surface area contributed by atoms with E-state index in [1.807, 2.05) is 26.0 Å². The lowest BCUT2D eigenvalue weighted by Gasteiger charge is -2.29. The molecule has 0 fully saturated rings. The van der Waals surface area contributed by atoms with Crippen LogP contribution >= 0.6 is 0 Å². The van der Waals surface area contributed by atoms with Gasteiger partial charge in [-0.05, 0) is 44.5 Å². The van der Waals surface area contributed by atoms with Crippen LogP contribution in [0.4, 0.5) is 5.69 Å². The molecule has 0 saturated carbocycles. The molecular formula is C23H29N3O7. The topological polar surface area (TPSA) is 120 Å². The minimum absolute atomic E-state index is 0.0183. The van der Waals surface area contributed by atoms with Crippen molar-refractivity contribution in [3.63, 3.8) is 0 Å². The predicted molar refractivity (Wildman–Crippen MR) is 121 cm³/mol. The quantitative estimate of drug-likeness (QED) is 0.405. The van der Waals surface area contributed by atoms with Gasteiger partial charge in [-0.3, -0.25) is 19.7 Å². The fraction of sp³-hybridized carbons (Fsp3) is 0.391. The Balaban J connectivity index is 2.19. The molecule has 1 N–H and O–H groups in total. The number of amides is 2. The normalized spacial score (nSPS) is 11.5. The zero-order valence-electron chi connectivity index (χ0n) is 19.4. The Morgan fingerprint density at radius 2 is 1.67 bits per heavy atom. The molecule has 0 bridgehead atoms.